The van der Waals surface area contributed by atoms with E-state index in [9.17, 15) is 13.6 Å². The highest BCUT2D eigenvalue weighted by Crippen LogP contribution is 2.40. The van der Waals surface area contributed by atoms with Gasteiger partial charge in [-0.2, -0.15) is 4.98 Å². The Balaban J connectivity index is 2.12. The smallest absolute Gasteiger partial charge is 0.296 e. The molecule has 1 aromatic heterocycles. The number of hydrogen-bond acceptors (Lipinski definition) is 5. The van der Waals surface area contributed by atoms with Crippen LogP contribution >= 0.6 is 0 Å². The summed E-state index contributed by atoms with van der Waals surface area (Å²) in [7, 11) is 1.58. The zero-order chi connectivity index (χ0) is 14.8. The number of ketones is 1. The van der Waals surface area contributed by atoms with Crippen LogP contribution in [0.15, 0.2) is 4.52 Å². The number of halogens is 2. The average molecular weight is 288 g/mol. The molecule has 0 unspecified atom stereocenters. The third kappa shape index (κ3) is 3.03. The zero-order valence-corrected chi connectivity index (χ0v) is 11.6. The Morgan fingerprint density at radius 1 is 1.50 bits per heavy atom. The number of ether oxygens (including phenoxy) is 1. The lowest BCUT2D eigenvalue weighted by Gasteiger charge is -2.35. The van der Waals surface area contributed by atoms with E-state index in [0.29, 0.717) is 11.7 Å². The number of aromatic nitrogens is 2. The minimum Gasteiger partial charge on any atom is -0.370 e. The van der Waals surface area contributed by atoms with Crippen LogP contribution in [0.25, 0.3) is 0 Å². The summed E-state index contributed by atoms with van der Waals surface area (Å²) in [4.78, 5) is 15.0. The van der Waals surface area contributed by atoms with Crippen LogP contribution in [-0.4, -0.2) is 29.5 Å². The van der Waals surface area contributed by atoms with Gasteiger partial charge >= 0.3 is 0 Å². The number of carbonyl (C=O) groups excluding carboxylic acids is 1. The highest BCUT2D eigenvalue weighted by atomic mass is 19.3. The van der Waals surface area contributed by atoms with Gasteiger partial charge in [-0.3, -0.25) is 4.79 Å². The van der Waals surface area contributed by atoms with Gasteiger partial charge in [-0.05, 0) is 31.6 Å². The van der Waals surface area contributed by atoms with Gasteiger partial charge in [0.1, 0.15) is 5.60 Å². The Hall–Kier alpha value is -1.37. The first kappa shape index (κ1) is 15.0. The van der Waals surface area contributed by atoms with E-state index in [1.54, 1.807) is 7.11 Å². The lowest BCUT2D eigenvalue weighted by molar-refractivity contribution is -0.129. The molecule has 1 heterocycles. The van der Waals surface area contributed by atoms with Crippen molar-refractivity contribution < 1.29 is 22.8 Å². The number of rotatable bonds is 5. The van der Waals surface area contributed by atoms with Crippen molar-refractivity contribution >= 4 is 5.78 Å². The first-order chi connectivity index (χ1) is 9.47. The summed E-state index contributed by atoms with van der Waals surface area (Å²) in [6, 6.07) is 0. The van der Waals surface area contributed by atoms with Crippen molar-refractivity contribution in [3.05, 3.63) is 11.7 Å². The Kier molecular flexibility index (Phi) is 4.47. The van der Waals surface area contributed by atoms with Crippen molar-refractivity contribution in [2.75, 3.05) is 7.11 Å². The van der Waals surface area contributed by atoms with Crippen molar-refractivity contribution in [1.29, 1.82) is 0 Å². The quantitative estimate of drug-likeness (QED) is 0.833. The van der Waals surface area contributed by atoms with E-state index in [1.807, 2.05) is 0 Å². The molecule has 0 radical (unpaired) electrons. The van der Waals surface area contributed by atoms with Crippen LogP contribution in [0.2, 0.25) is 0 Å². The molecule has 1 fully saturated rings. The van der Waals surface area contributed by atoms with E-state index in [0.717, 1.165) is 25.7 Å². The molecule has 0 saturated heterocycles. The monoisotopic (exact) mass is 288 g/mol. The van der Waals surface area contributed by atoms with E-state index in [-0.39, 0.29) is 5.89 Å². The fourth-order valence-electron chi connectivity index (χ4n) is 2.49. The molecular formula is C13H18F2N2O3. The SMILES string of the molecule is COC1(c2noc(CC(=O)C(F)F)n2)CCC(C)CC1. The fourth-order valence-corrected chi connectivity index (χ4v) is 2.49. The Labute approximate surface area is 115 Å². The van der Waals surface area contributed by atoms with Gasteiger partial charge in [0.2, 0.25) is 17.5 Å². The molecule has 5 nitrogen and oxygen atoms in total. The Bertz CT molecular complexity index is 468. The summed E-state index contributed by atoms with van der Waals surface area (Å²) < 4.78 is 34.8. The summed E-state index contributed by atoms with van der Waals surface area (Å²) in [5.74, 6) is -0.335. The predicted molar refractivity (Wildman–Crippen MR) is 65.3 cm³/mol. The maximum Gasteiger partial charge on any atom is 0.296 e. The van der Waals surface area contributed by atoms with Gasteiger partial charge in [-0.1, -0.05) is 12.1 Å². The zero-order valence-electron chi connectivity index (χ0n) is 11.6. The Morgan fingerprint density at radius 3 is 2.70 bits per heavy atom. The highest BCUT2D eigenvalue weighted by Gasteiger charge is 2.40. The maximum atomic E-state index is 12.2. The van der Waals surface area contributed by atoms with Gasteiger partial charge in [-0.15, -0.1) is 0 Å². The molecule has 0 N–H and O–H groups in total. The molecule has 0 atom stereocenters. The van der Waals surface area contributed by atoms with Gasteiger partial charge in [0.05, 0.1) is 6.42 Å². The van der Waals surface area contributed by atoms with Crippen molar-refractivity contribution in [2.45, 2.75) is 51.1 Å². The van der Waals surface area contributed by atoms with Gasteiger partial charge < -0.3 is 9.26 Å². The van der Waals surface area contributed by atoms with Crippen molar-refractivity contribution in [3.63, 3.8) is 0 Å². The molecule has 1 aliphatic rings. The first-order valence-corrected chi connectivity index (χ1v) is 6.66. The summed E-state index contributed by atoms with van der Waals surface area (Å²) in [5.41, 5.74) is -0.623. The number of methoxy groups -OCH3 is 1. The van der Waals surface area contributed by atoms with E-state index >= 15 is 0 Å². The van der Waals surface area contributed by atoms with Crippen LogP contribution in [0.1, 0.15) is 44.3 Å². The number of alkyl halides is 2. The molecule has 112 valence electrons. The van der Waals surface area contributed by atoms with Crippen LogP contribution in [0.3, 0.4) is 0 Å². The second-order valence-electron chi connectivity index (χ2n) is 5.34. The van der Waals surface area contributed by atoms with Gasteiger partial charge in [0, 0.05) is 7.11 Å². The molecule has 0 spiro atoms. The number of nitrogens with zero attached hydrogens (tertiary/aromatic N) is 2. The summed E-state index contributed by atoms with van der Waals surface area (Å²) in [5, 5.41) is 3.81. The first-order valence-electron chi connectivity index (χ1n) is 6.66. The average Bonchev–Trinajstić information content (AvgIpc) is 2.89. The van der Waals surface area contributed by atoms with E-state index in [2.05, 4.69) is 17.1 Å². The topological polar surface area (TPSA) is 65.2 Å². The van der Waals surface area contributed by atoms with Gasteiger partial charge in [0.25, 0.3) is 6.43 Å². The van der Waals surface area contributed by atoms with E-state index in [1.165, 1.54) is 0 Å². The molecule has 0 aromatic carbocycles. The summed E-state index contributed by atoms with van der Waals surface area (Å²) in [6.07, 6.45) is -0.0848. The van der Waals surface area contributed by atoms with Crippen molar-refractivity contribution in [1.82, 2.24) is 10.1 Å². The molecule has 20 heavy (non-hydrogen) atoms. The van der Waals surface area contributed by atoms with Crippen LogP contribution in [0.5, 0.6) is 0 Å². The van der Waals surface area contributed by atoms with Crippen molar-refractivity contribution in [3.8, 4) is 0 Å². The normalized spacial score (nSPS) is 26.9. The largest absolute Gasteiger partial charge is 0.370 e. The number of carbonyl (C=O) groups is 1. The summed E-state index contributed by atoms with van der Waals surface area (Å²) >= 11 is 0. The number of hydrogen-bond donors (Lipinski definition) is 0. The Morgan fingerprint density at radius 2 is 2.15 bits per heavy atom. The minimum absolute atomic E-state index is 0.0830. The van der Waals surface area contributed by atoms with Gasteiger partial charge in [-0.25, -0.2) is 8.78 Å². The third-order valence-electron chi connectivity index (χ3n) is 3.92. The molecule has 7 heteroatoms. The van der Waals surface area contributed by atoms with Crippen LogP contribution in [0.4, 0.5) is 8.78 Å². The standard InChI is InChI=1S/C13H18F2N2O3/c1-8-3-5-13(19-2,6-4-8)12-16-10(20-17-12)7-9(18)11(14)15/h8,11H,3-7H2,1-2H3. The molecule has 0 amide bonds. The lowest BCUT2D eigenvalue weighted by atomic mass is 9.79. The molecule has 1 aromatic rings. The molecule has 0 bridgehead atoms. The van der Waals surface area contributed by atoms with Crippen LogP contribution < -0.4 is 0 Å². The summed E-state index contributed by atoms with van der Waals surface area (Å²) in [6.45, 7) is 2.17. The van der Waals surface area contributed by atoms with Crippen LogP contribution in [-0.2, 0) is 21.6 Å². The van der Waals surface area contributed by atoms with Crippen LogP contribution in [0, 0.1) is 5.92 Å². The second kappa shape index (κ2) is 5.95. The fraction of sp³-hybridized carbons (Fsp3) is 0.769. The van der Waals surface area contributed by atoms with Gasteiger partial charge in [0.15, 0.2) is 0 Å². The molecule has 1 saturated carbocycles. The minimum atomic E-state index is -3.02. The third-order valence-corrected chi connectivity index (χ3v) is 3.92. The van der Waals surface area contributed by atoms with Crippen molar-refractivity contribution in [2.24, 2.45) is 5.92 Å². The highest BCUT2D eigenvalue weighted by molar-refractivity contribution is 5.82. The number of Topliss-reactive ketones (excluding diaryl/α,β-unsaturated/α-hetero) is 1. The second-order valence-corrected chi connectivity index (χ2v) is 5.34. The molecule has 0 aliphatic heterocycles. The maximum absolute atomic E-state index is 12.2. The molecule has 1 aliphatic carbocycles. The van der Waals surface area contributed by atoms with E-state index in [4.69, 9.17) is 9.26 Å². The predicted octanol–water partition coefficient (Wildman–Crippen LogP) is 2.50. The molecular weight excluding hydrogens is 270 g/mol. The molecule has 2 rings (SSSR count). The van der Waals surface area contributed by atoms with E-state index < -0.39 is 24.2 Å². The lowest BCUT2D eigenvalue weighted by Crippen LogP contribution is -2.34.